The number of urea groups is 1. The van der Waals surface area contributed by atoms with Gasteiger partial charge < -0.3 is 29.0 Å². The lowest BCUT2D eigenvalue weighted by molar-refractivity contribution is 0.181. The molecule has 1 N–H and O–H groups in total. The van der Waals surface area contributed by atoms with Crippen molar-refractivity contribution in [3.8, 4) is 17.2 Å². The molecular formula is C25H29N3O4. The van der Waals surface area contributed by atoms with E-state index in [-0.39, 0.29) is 12.1 Å². The topological polar surface area (TPSA) is 65.0 Å². The van der Waals surface area contributed by atoms with Crippen LogP contribution in [0, 0.1) is 13.8 Å². The van der Waals surface area contributed by atoms with E-state index in [1.54, 1.807) is 21.3 Å². The first-order chi connectivity index (χ1) is 15.5. The van der Waals surface area contributed by atoms with Gasteiger partial charge in [0, 0.05) is 30.7 Å². The van der Waals surface area contributed by atoms with Gasteiger partial charge in [-0.25, -0.2) is 4.79 Å². The second-order valence-electron chi connectivity index (χ2n) is 7.91. The zero-order valence-electron chi connectivity index (χ0n) is 19.1. The summed E-state index contributed by atoms with van der Waals surface area (Å²) in [6.45, 7) is 5.39. The summed E-state index contributed by atoms with van der Waals surface area (Å²) in [5.74, 6) is 1.64. The van der Waals surface area contributed by atoms with Crippen molar-refractivity contribution in [2.45, 2.75) is 26.4 Å². The van der Waals surface area contributed by atoms with Crippen LogP contribution < -0.4 is 19.5 Å². The Morgan fingerprint density at radius 2 is 1.66 bits per heavy atom. The van der Waals surface area contributed by atoms with Crippen LogP contribution in [0.2, 0.25) is 0 Å². The maximum atomic E-state index is 13.4. The summed E-state index contributed by atoms with van der Waals surface area (Å²) in [6.07, 6.45) is 2.04. The predicted molar refractivity (Wildman–Crippen MR) is 124 cm³/mol. The zero-order valence-corrected chi connectivity index (χ0v) is 19.1. The van der Waals surface area contributed by atoms with Crippen molar-refractivity contribution >= 4 is 11.7 Å². The van der Waals surface area contributed by atoms with Crippen molar-refractivity contribution in [1.82, 2.24) is 9.47 Å². The smallest absolute Gasteiger partial charge is 0.322 e. The molecule has 32 heavy (non-hydrogen) atoms. The lowest BCUT2D eigenvalue weighted by atomic mass is 9.99. The van der Waals surface area contributed by atoms with E-state index in [2.05, 4.69) is 16.8 Å². The maximum absolute atomic E-state index is 13.4. The third-order valence-corrected chi connectivity index (χ3v) is 6.06. The van der Waals surface area contributed by atoms with E-state index >= 15 is 0 Å². The number of nitrogens with zero attached hydrogens (tertiary/aromatic N) is 2. The molecule has 1 aliphatic heterocycles. The molecule has 0 spiro atoms. The first-order valence-corrected chi connectivity index (χ1v) is 10.6. The summed E-state index contributed by atoms with van der Waals surface area (Å²) in [5, 5.41) is 3.07. The molecule has 7 heteroatoms. The highest BCUT2D eigenvalue weighted by Gasteiger charge is 2.33. The van der Waals surface area contributed by atoms with E-state index in [0.29, 0.717) is 23.8 Å². The predicted octanol–water partition coefficient (Wildman–Crippen LogP) is 4.77. The van der Waals surface area contributed by atoms with E-state index < -0.39 is 0 Å². The molecule has 4 rings (SSSR count). The Labute approximate surface area is 188 Å². The quantitative estimate of drug-likeness (QED) is 0.627. The molecule has 3 aromatic rings. The largest absolute Gasteiger partial charge is 0.493 e. The zero-order chi connectivity index (χ0) is 22.8. The van der Waals surface area contributed by atoms with Gasteiger partial charge in [-0.05, 0) is 66.9 Å². The first-order valence-electron chi connectivity index (χ1n) is 10.6. The number of anilines is 1. The van der Waals surface area contributed by atoms with Crippen molar-refractivity contribution in [2.75, 3.05) is 33.2 Å². The molecule has 1 aromatic heterocycles. The fraction of sp³-hybridized carbons (Fsp3) is 0.320. The van der Waals surface area contributed by atoms with E-state index in [1.165, 1.54) is 5.56 Å². The standard InChI is InChI=1S/C25H29N3O4/c1-16-8-9-19(13-17(16)2)26-25(29)28-12-11-27-10-6-7-20(27)23(28)18-14-21(30-3)24(32-5)22(15-18)31-4/h6-10,13-15,23H,11-12H2,1-5H3,(H,26,29). The molecule has 1 atom stereocenters. The van der Waals surface area contributed by atoms with Crippen LogP contribution in [0.3, 0.4) is 0 Å². The second kappa shape index (κ2) is 8.86. The van der Waals surface area contributed by atoms with E-state index in [9.17, 15) is 4.79 Å². The van der Waals surface area contributed by atoms with Gasteiger partial charge in [0.1, 0.15) is 0 Å². The number of carbonyl (C=O) groups is 1. The number of aryl methyl sites for hydroxylation is 2. The number of benzene rings is 2. The molecule has 2 heterocycles. The number of amides is 2. The SMILES string of the molecule is COc1cc(C2c3cccn3CCN2C(=O)Nc2ccc(C)c(C)c2)cc(OC)c1OC. The highest BCUT2D eigenvalue weighted by molar-refractivity contribution is 5.90. The number of carbonyl (C=O) groups excluding carboxylic acids is 1. The van der Waals surface area contributed by atoms with Gasteiger partial charge in [-0.2, -0.15) is 0 Å². The molecular weight excluding hydrogens is 406 g/mol. The summed E-state index contributed by atoms with van der Waals surface area (Å²) in [4.78, 5) is 15.3. The fourth-order valence-corrected chi connectivity index (χ4v) is 4.23. The summed E-state index contributed by atoms with van der Waals surface area (Å²) >= 11 is 0. The van der Waals surface area contributed by atoms with Gasteiger partial charge in [-0.3, -0.25) is 0 Å². The number of aromatic nitrogens is 1. The minimum Gasteiger partial charge on any atom is -0.493 e. The van der Waals surface area contributed by atoms with Gasteiger partial charge in [0.25, 0.3) is 0 Å². The number of rotatable bonds is 5. The number of hydrogen-bond donors (Lipinski definition) is 1. The molecule has 7 nitrogen and oxygen atoms in total. The number of hydrogen-bond acceptors (Lipinski definition) is 4. The maximum Gasteiger partial charge on any atom is 0.322 e. The van der Waals surface area contributed by atoms with E-state index in [0.717, 1.165) is 29.1 Å². The van der Waals surface area contributed by atoms with Gasteiger partial charge in [-0.15, -0.1) is 0 Å². The number of fused-ring (bicyclic) bond motifs is 1. The summed E-state index contributed by atoms with van der Waals surface area (Å²) in [6, 6.07) is 13.3. The van der Waals surface area contributed by atoms with Crippen molar-refractivity contribution in [2.24, 2.45) is 0 Å². The molecule has 1 unspecified atom stereocenters. The Bertz CT molecular complexity index is 1110. The van der Waals surface area contributed by atoms with Crippen LogP contribution in [0.25, 0.3) is 0 Å². The number of ether oxygens (including phenoxy) is 3. The van der Waals surface area contributed by atoms with Crippen LogP contribution in [0.15, 0.2) is 48.7 Å². The normalized spacial score (nSPS) is 15.2. The number of nitrogens with one attached hydrogen (secondary N) is 1. The Hall–Kier alpha value is -3.61. The first kappa shape index (κ1) is 21.6. The Kier molecular flexibility index (Phi) is 5.99. The molecule has 0 bridgehead atoms. The fourth-order valence-electron chi connectivity index (χ4n) is 4.23. The molecule has 168 valence electrons. The summed E-state index contributed by atoms with van der Waals surface area (Å²) in [7, 11) is 4.76. The summed E-state index contributed by atoms with van der Waals surface area (Å²) < 4.78 is 18.8. The second-order valence-corrected chi connectivity index (χ2v) is 7.91. The lowest BCUT2D eigenvalue weighted by Gasteiger charge is -2.37. The Morgan fingerprint density at radius 3 is 2.28 bits per heavy atom. The van der Waals surface area contributed by atoms with Gasteiger partial charge in [0.15, 0.2) is 11.5 Å². The number of methoxy groups -OCH3 is 3. The minimum absolute atomic E-state index is 0.153. The van der Waals surface area contributed by atoms with Crippen LogP contribution in [0.4, 0.5) is 10.5 Å². The van der Waals surface area contributed by atoms with E-state index in [4.69, 9.17) is 14.2 Å². The van der Waals surface area contributed by atoms with Gasteiger partial charge in [0.05, 0.1) is 27.4 Å². The third kappa shape index (κ3) is 3.86. The van der Waals surface area contributed by atoms with Gasteiger partial charge >= 0.3 is 6.03 Å². The average Bonchev–Trinajstić information content (AvgIpc) is 3.28. The monoisotopic (exact) mass is 435 g/mol. The minimum atomic E-state index is -0.306. The van der Waals surface area contributed by atoms with Crippen LogP contribution in [-0.2, 0) is 6.54 Å². The van der Waals surface area contributed by atoms with Crippen LogP contribution in [0.1, 0.15) is 28.4 Å². The Balaban J connectivity index is 1.75. The van der Waals surface area contributed by atoms with Gasteiger partial charge in [-0.1, -0.05) is 6.07 Å². The van der Waals surface area contributed by atoms with Crippen molar-refractivity contribution in [1.29, 1.82) is 0 Å². The van der Waals surface area contributed by atoms with E-state index in [1.807, 2.05) is 60.5 Å². The average molecular weight is 436 g/mol. The van der Waals surface area contributed by atoms with Crippen molar-refractivity contribution < 1.29 is 19.0 Å². The van der Waals surface area contributed by atoms with Crippen molar-refractivity contribution in [3.05, 3.63) is 71.0 Å². The van der Waals surface area contributed by atoms with Crippen LogP contribution in [0.5, 0.6) is 17.2 Å². The van der Waals surface area contributed by atoms with Crippen LogP contribution in [-0.4, -0.2) is 43.4 Å². The molecule has 2 aromatic carbocycles. The van der Waals surface area contributed by atoms with Crippen molar-refractivity contribution in [3.63, 3.8) is 0 Å². The van der Waals surface area contributed by atoms with Gasteiger partial charge in [0.2, 0.25) is 5.75 Å². The third-order valence-electron chi connectivity index (χ3n) is 6.06. The highest BCUT2D eigenvalue weighted by Crippen LogP contribution is 2.43. The van der Waals surface area contributed by atoms with Crippen LogP contribution >= 0.6 is 0 Å². The highest BCUT2D eigenvalue weighted by atomic mass is 16.5. The molecule has 0 fully saturated rings. The molecule has 2 amide bonds. The summed E-state index contributed by atoms with van der Waals surface area (Å²) in [5.41, 5.74) is 5.02. The lowest BCUT2D eigenvalue weighted by Crippen LogP contribution is -2.44. The molecule has 0 saturated carbocycles. The molecule has 1 aliphatic rings. The molecule has 0 aliphatic carbocycles. The Morgan fingerprint density at radius 1 is 0.938 bits per heavy atom. The molecule has 0 radical (unpaired) electrons. The molecule has 0 saturated heterocycles.